The first-order chi connectivity index (χ1) is 7.29. The molecule has 0 spiro atoms. The van der Waals surface area contributed by atoms with Crippen LogP contribution in [0, 0.1) is 0 Å². The van der Waals surface area contributed by atoms with Crippen molar-refractivity contribution in [2.75, 3.05) is 20.2 Å². The lowest BCUT2D eigenvalue weighted by atomic mass is 10.0. The van der Waals surface area contributed by atoms with Crippen molar-refractivity contribution >= 4 is 0 Å². The largest absolute Gasteiger partial charge is 0.396 e. The highest BCUT2D eigenvalue weighted by atomic mass is 16.3. The molecule has 15 heavy (non-hydrogen) atoms. The van der Waals surface area contributed by atoms with Gasteiger partial charge in [-0.15, -0.1) is 0 Å². The number of nitrogens with zero attached hydrogens (tertiary/aromatic N) is 2. The summed E-state index contributed by atoms with van der Waals surface area (Å²) in [6.45, 7) is 3.37. The molecular weight excluding hydrogens is 188 g/mol. The lowest BCUT2D eigenvalue weighted by Crippen LogP contribution is -2.25. The van der Waals surface area contributed by atoms with Gasteiger partial charge in [0.1, 0.15) is 0 Å². The van der Waals surface area contributed by atoms with E-state index in [1.807, 2.05) is 12.4 Å². The van der Waals surface area contributed by atoms with Crippen molar-refractivity contribution in [3.05, 3.63) is 30.1 Å². The summed E-state index contributed by atoms with van der Waals surface area (Å²) >= 11 is 0. The molecule has 1 aromatic rings. The molecule has 1 heterocycles. The van der Waals surface area contributed by atoms with E-state index in [1.165, 1.54) is 5.56 Å². The Kier molecular flexibility index (Phi) is 5.29. The highest BCUT2D eigenvalue weighted by Gasteiger charge is 2.13. The van der Waals surface area contributed by atoms with Crippen LogP contribution in [-0.4, -0.2) is 35.2 Å². The maximum atomic E-state index is 8.80. The van der Waals surface area contributed by atoms with Crippen LogP contribution in [0.5, 0.6) is 0 Å². The van der Waals surface area contributed by atoms with Gasteiger partial charge in [-0.3, -0.25) is 9.88 Å². The van der Waals surface area contributed by atoms with Crippen LogP contribution in [0.25, 0.3) is 0 Å². The fourth-order valence-corrected chi connectivity index (χ4v) is 1.86. The van der Waals surface area contributed by atoms with E-state index in [2.05, 4.69) is 36.0 Å². The third-order valence-electron chi connectivity index (χ3n) is 2.68. The van der Waals surface area contributed by atoms with Crippen LogP contribution in [0.3, 0.4) is 0 Å². The second-order valence-electron chi connectivity index (χ2n) is 3.76. The first kappa shape index (κ1) is 12.1. The number of aliphatic hydroxyl groups is 1. The van der Waals surface area contributed by atoms with E-state index in [1.54, 1.807) is 0 Å². The minimum Gasteiger partial charge on any atom is -0.396 e. The molecule has 0 fully saturated rings. The summed E-state index contributed by atoms with van der Waals surface area (Å²) < 4.78 is 0. The SMILES string of the molecule is CCC(c1ccncc1)N(C)CCCO. The van der Waals surface area contributed by atoms with Crippen LogP contribution in [0.1, 0.15) is 31.4 Å². The van der Waals surface area contributed by atoms with Crippen molar-refractivity contribution in [3.63, 3.8) is 0 Å². The van der Waals surface area contributed by atoms with E-state index in [9.17, 15) is 0 Å². The van der Waals surface area contributed by atoms with Crippen molar-refractivity contribution in [2.45, 2.75) is 25.8 Å². The lowest BCUT2D eigenvalue weighted by molar-refractivity contribution is 0.204. The van der Waals surface area contributed by atoms with Crippen LogP contribution in [0.15, 0.2) is 24.5 Å². The van der Waals surface area contributed by atoms with E-state index >= 15 is 0 Å². The minimum absolute atomic E-state index is 0.261. The number of hydrogen-bond donors (Lipinski definition) is 1. The molecule has 0 saturated carbocycles. The van der Waals surface area contributed by atoms with Gasteiger partial charge in [0.15, 0.2) is 0 Å². The molecule has 3 heteroatoms. The maximum absolute atomic E-state index is 8.80. The molecule has 0 saturated heterocycles. The number of hydrogen-bond acceptors (Lipinski definition) is 3. The molecule has 84 valence electrons. The zero-order valence-corrected chi connectivity index (χ0v) is 9.56. The molecule has 1 unspecified atom stereocenters. The summed E-state index contributed by atoms with van der Waals surface area (Å²) in [5.41, 5.74) is 1.30. The quantitative estimate of drug-likeness (QED) is 0.775. The average molecular weight is 208 g/mol. The fraction of sp³-hybridized carbons (Fsp3) is 0.583. The Bertz CT molecular complexity index is 264. The second-order valence-corrected chi connectivity index (χ2v) is 3.76. The summed E-state index contributed by atoms with van der Waals surface area (Å²) in [5, 5.41) is 8.80. The fourth-order valence-electron chi connectivity index (χ4n) is 1.86. The van der Waals surface area contributed by atoms with Crippen molar-refractivity contribution in [3.8, 4) is 0 Å². The van der Waals surface area contributed by atoms with Crippen molar-refractivity contribution in [1.82, 2.24) is 9.88 Å². The number of aliphatic hydroxyl groups excluding tert-OH is 1. The van der Waals surface area contributed by atoms with Gasteiger partial charge >= 0.3 is 0 Å². The molecule has 0 aliphatic rings. The molecule has 0 radical (unpaired) electrons. The van der Waals surface area contributed by atoms with E-state index < -0.39 is 0 Å². The number of pyridine rings is 1. The first-order valence-electron chi connectivity index (χ1n) is 5.50. The standard InChI is InChI=1S/C12H20N2O/c1-3-12(14(2)9-4-10-15)11-5-7-13-8-6-11/h5-8,12,15H,3-4,9-10H2,1-2H3. The van der Waals surface area contributed by atoms with Crippen LogP contribution in [0.4, 0.5) is 0 Å². The van der Waals surface area contributed by atoms with Gasteiger partial charge < -0.3 is 5.11 Å². The topological polar surface area (TPSA) is 36.4 Å². The van der Waals surface area contributed by atoms with Gasteiger partial charge in [0.2, 0.25) is 0 Å². The lowest BCUT2D eigenvalue weighted by Gasteiger charge is -2.27. The Morgan fingerprint density at radius 3 is 2.60 bits per heavy atom. The molecule has 0 aliphatic carbocycles. The van der Waals surface area contributed by atoms with E-state index in [-0.39, 0.29) is 6.61 Å². The van der Waals surface area contributed by atoms with Crippen LogP contribution >= 0.6 is 0 Å². The Hall–Kier alpha value is -0.930. The van der Waals surface area contributed by atoms with Gasteiger partial charge in [0, 0.05) is 31.6 Å². The Balaban J connectivity index is 2.63. The first-order valence-corrected chi connectivity index (χ1v) is 5.50. The third kappa shape index (κ3) is 3.61. The maximum Gasteiger partial charge on any atom is 0.0443 e. The molecule has 1 aromatic heterocycles. The van der Waals surface area contributed by atoms with Crippen LogP contribution in [-0.2, 0) is 0 Å². The Morgan fingerprint density at radius 1 is 1.40 bits per heavy atom. The smallest absolute Gasteiger partial charge is 0.0443 e. The number of rotatable bonds is 6. The summed E-state index contributed by atoms with van der Waals surface area (Å²) in [6, 6.07) is 4.55. The zero-order valence-electron chi connectivity index (χ0n) is 9.56. The van der Waals surface area contributed by atoms with Gasteiger partial charge in [0.25, 0.3) is 0 Å². The zero-order chi connectivity index (χ0) is 11.1. The summed E-state index contributed by atoms with van der Waals surface area (Å²) in [6.07, 6.45) is 5.57. The van der Waals surface area contributed by atoms with E-state index in [4.69, 9.17) is 5.11 Å². The Morgan fingerprint density at radius 2 is 2.07 bits per heavy atom. The summed E-state index contributed by atoms with van der Waals surface area (Å²) in [4.78, 5) is 6.31. The molecule has 0 aliphatic heterocycles. The van der Waals surface area contributed by atoms with Crippen LogP contribution in [0.2, 0.25) is 0 Å². The highest BCUT2D eigenvalue weighted by molar-refractivity contribution is 5.14. The van der Waals surface area contributed by atoms with Gasteiger partial charge in [0.05, 0.1) is 0 Å². The predicted octanol–water partition coefficient (Wildman–Crippen LogP) is 1.85. The molecule has 3 nitrogen and oxygen atoms in total. The predicted molar refractivity (Wildman–Crippen MR) is 61.6 cm³/mol. The second kappa shape index (κ2) is 6.53. The van der Waals surface area contributed by atoms with E-state index in [0.29, 0.717) is 6.04 Å². The van der Waals surface area contributed by atoms with Gasteiger partial charge in [-0.25, -0.2) is 0 Å². The highest BCUT2D eigenvalue weighted by Crippen LogP contribution is 2.21. The van der Waals surface area contributed by atoms with Gasteiger partial charge in [-0.2, -0.15) is 0 Å². The monoisotopic (exact) mass is 208 g/mol. The minimum atomic E-state index is 0.261. The van der Waals surface area contributed by atoms with Gasteiger partial charge in [-0.1, -0.05) is 6.92 Å². The van der Waals surface area contributed by atoms with Crippen LogP contribution < -0.4 is 0 Å². The molecule has 0 bridgehead atoms. The van der Waals surface area contributed by atoms with E-state index in [0.717, 1.165) is 19.4 Å². The van der Waals surface area contributed by atoms with Crippen molar-refractivity contribution < 1.29 is 5.11 Å². The Labute approximate surface area is 91.8 Å². The third-order valence-corrected chi connectivity index (χ3v) is 2.68. The molecule has 1 N–H and O–H groups in total. The average Bonchev–Trinajstić information content (AvgIpc) is 2.29. The summed E-state index contributed by atoms with van der Waals surface area (Å²) in [5.74, 6) is 0. The molecule has 0 aromatic carbocycles. The molecule has 1 rings (SSSR count). The van der Waals surface area contributed by atoms with Gasteiger partial charge in [-0.05, 0) is 37.6 Å². The van der Waals surface area contributed by atoms with Crippen molar-refractivity contribution in [2.24, 2.45) is 0 Å². The van der Waals surface area contributed by atoms with Crippen molar-refractivity contribution in [1.29, 1.82) is 0 Å². The number of aromatic nitrogens is 1. The summed E-state index contributed by atoms with van der Waals surface area (Å²) in [7, 11) is 2.10. The molecule has 0 amide bonds. The molecule has 1 atom stereocenters. The normalized spacial score (nSPS) is 13.1. The molecular formula is C12H20N2O.